The molecule has 0 aliphatic rings. The maximum absolute atomic E-state index is 13.5. The summed E-state index contributed by atoms with van der Waals surface area (Å²) in [4.78, 5) is 5.23. The van der Waals surface area contributed by atoms with Gasteiger partial charge in [-0.3, -0.25) is 4.98 Å². The minimum absolute atomic E-state index is 0.288. The molecule has 0 saturated heterocycles. The molecule has 0 bridgehead atoms. The fourth-order valence-electron chi connectivity index (χ4n) is 4.17. The van der Waals surface area contributed by atoms with E-state index in [1.807, 2.05) is 70.2 Å². The summed E-state index contributed by atoms with van der Waals surface area (Å²) >= 11 is 1.46. The summed E-state index contributed by atoms with van der Waals surface area (Å²) in [6.45, 7) is 12.5. The molecular weight excluding hydrogens is 541 g/mol. The van der Waals surface area contributed by atoms with E-state index >= 15 is 0 Å². The summed E-state index contributed by atoms with van der Waals surface area (Å²) in [6.07, 6.45) is -3.57. The molecule has 2 N–H and O–H groups in total. The number of halogens is 3. The van der Waals surface area contributed by atoms with Gasteiger partial charge in [0.25, 0.3) is 0 Å². The van der Waals surface area contributed by atoms with Gasteiger partial charge < -0.3 is 5.11 Å². The first kappa shape index (κ1) is 29.1. The quantitative estimate of drug-likeness (QED) is 0.237. The Kier molecular flexibility index (Phi) is 7.93. The van der Waals surface area contributed by atoms with Gasteiger partial charge in [-0.25, -0.2) is 8.93 Å². The first-order valence-corrected chi connectivity index (χ1v) is 14.3. The summed E-state index contributed by atoms with van der Waals surface area (Å²) < 4.78 is 57.5. The van der Waals surface area contributed by atoms with Crippen LogP contribution in [0.25, 0.3) is 26.9 Å². The van der Waals surface area contributed by atoms with E-state index in [0.29, 0.717) is 11.3 Å². The van der Waals surface area contributed by atoms with Crippen molar-refractivity contribution in [1.29, 1.82) is 0 Å². The maximum Gasteiger partial charge on any atom is 0.421 e. The molecule has 0 aliphatic carbocycles. The number of aromatic nitrogens is 1. The molecule has 0 aliphatic heterocycles. The molecule has 2 aromatic heterocycles. The van der Waals surface area contributed by atoms with Crippen LogP contribution in [0.3, 0.4) is 0 Å². The van der Waals surface area contributed by atoms with E-state index in [4.69, 9.17) is 0 Å². The highest BCUT2D eigenvalue weighted by Gasteiger charge is 2.51. The molecule has 9 heteroatoms. The molecule has 2 heterocycles. The number of nitrogens with one attached hydrogen (secondary N) is 1. The van der Waals surface area contributed by atoms with Crippen LogP contribution in [0.5, 0.6) is 0 Å². The van der Waals surface area contributed by atoms with E-state index in [2.05, 4.69) is 16.3 Å². The Bertz CT molecular complexity index is 1550. The minimum atomic E-state index is -4.84. The van der Waals surface area contributed by atoms with Gasteiger partial charge in [0.15, 0.2) is 5.60 Å². The van der Waals surface area contributed by atoms with Gasteiger partial charge in [0, 0.05) is 21.3 Å². The van der Waals surface area contributed by atoms with Crippen molar-refractivity contribution in [2.75, 3.05) is 0 Å². The third-order valence-electron chi connectivity index (χ3n) is 6.51. The van der Waals surface area contributed by atoms with E-state index in [0.717, 1.165) is 38.6 Å². The van der Waals surface area contributed by atoms with E-state index in [1.54, 1.807) is 6.07 Å². The van der Waals surface area contributed by atoms with Gasteiger partial charge in [0.1, 0.15) is 0 Å². The molecule has 39 heavy (non-hydrogen) atoms. The Morgan fingerprint density at radius 3 is 2.38 bits per heavy atom. The van der Waals surface area contributed by atoms with Crippen LogP contribution < -0.4 is 4.72 Å². The van der Waals surface area contributed by atoms with Crippen LogP contribution >= 0.6 is 11.3 Å². The summed E-state index contributed by atoms with van der Waals surface area (Å²) in [5, 5.41) is 11.1. The second-order valence-corrected chi connectivity index (χ2v) is 13.8. The van der Waals surface area contributed by atoms with Crippen LogP contribution in [0.2, 0.25) is 0 Å². The predicted octanol–water partition coefficient (Wildman–Crippen LogP) is 7.91. The number of rotatable bonds is 7. The normalized spacial score (nSPS) is 15.6. The van der Waals surface area contributed by atoms with Crippen molar-refractivity contribution >= 4 is 38.0 Å². The van der Waals surface area contributed by atoms with Crippen molar-refractivity contribution < 1.29 is 22.5 Å². The molecule has 2 aromatic carbocycles. The van der Waals surface area contributed by atoms with Gasteiger partial charge in [-0.05, 0) is 74.9 Å². The highest BCUT2D eigenvalue weighted by Crippen LogP contribution is 2.42. The average molecular weight is 573 g/mol. The number of allylic oxidation sites excluding steroid dienone is 1. The molecule has 206 valence electrons. The fourth-order valence-corrected chi connectivity index (χ4v) is 6.32. The average Bonchev–Trinajstić information content (AvgIpc) is 3.30. The lowest BCUT2D eigenvalue weighted by molar-refractivity contribution is -0.258. The zero-order valence-corrected chi connectivity index (χ0v) is 24.0. The zero-order chi connectivity index (χ0) is 28.8. The summed E-state index contributed by atoms with van der Waals surface area (Å²) in [7, 11) is -1.39. The van der Waals surface area contributed by atoms with Gasteiger partial charge >= 0.3 is 6.18 Å². The van der Waals surface area contributed by atoms with Crippen molar-refractivity contribution in [1.82, 2.24) is 9.71 Å². The molecule has 0 radical (unpaired) electrons. The first-order chi connectivity index (χ1) is 18.1. The number of thiophene rings is 1. The van der Waals surface area contributed by atoms with E-state index in [1.165, 1.54) is 29.7 Å². The Morgan fingerprint density at radius 2 is 1.74 bits per heavy atom. The minimum Gasteiger partial charge on any atom is -0.376 e. The highest BCUT2D eigenvalue weighted by molar-refractivity contribution is 7.84. The largest absolute Gasteiger partial charge is 0.421 e. The number of pyridine rings is 1. The summed E-state index contributed by atoms with van der Waals surface area (Å²) in [5.41, 5.74) is 0.410. The smallest absolute Gasteiger partial charge is 0.376 e. The topological polar surface area (TPSA) is 62.2 Å². The standard InChI is InChI=1S/C30H31F3N2O2S2/c1-18(2)21-11-7-8-12-22(21)26(35-39(37)28(3,4)5)25-16-19-10-9-13-23(27(19)38-25)24-17-20(14-15-34-24)29(6,36)30(31,32)33/h7-17,26,35-36H,1H2,2-6H3/t26?,29-,39?/m0/s1. The van der Waals surface area contributed by atoms with Gasteiger partial charge in [0.05, 0.1) is 27.5 Å². The van der Waals surface area contributed by atoms with Crippen LogP contribution in [-0.2, 0) is 16.6 Å². The van der Waals surface area contributed by atoms with Crippen LogP contribution in [0.15, 0.2) is 73.4 Å². The maximum atomic E-state index is 13.5. The summed E-state index contributed by atoms with van der Waals surface area (Å²) in [5.74, 6) is 0. The first-order valence-electron chi connectivity index (χ1n) is 12.3. The number of alkyl halides is 3. The monoisotopic (exact) mass is 572 g/mol. The highest BCUT2D eigenvalue weighted by atomic mass is 32.2. The number of benzene rings is 2. The van der Waals surface area contributed by atoms with Crippen molar-refractivity contribution in [2.45, 2.75) is 57.2 Å². The molecule has 4 rings (SSSR count). The fraction of sp³-hybridized carbons (Fsp3) is 0.300. The molecule has 0 fully saturated rings. The van der Waals surface area contributed by atoms with Crippen molar-refractivity contribution in [3.8, 4) is 11.3 Å². The molecule has 3 atom stereocenters. The van der Waals surface area contributed by atoms with Gasteiger partial charge in [-0.2, -0.15) is 13.2 Å². The lowest BCUT2D eigenvalue weighted by atomic mass is 9.94. The van der Waals surface area contributed by atoms with Crippen LogP contribution in [0, 0.1) is 0 Å². The number of aliphatic hydroxyl groups is 1. The Morgan fingerprint density at radius 1 is 1.05 bits per heavy atom. The van der Waals surface area contributed by atoms with Crippen LogP contribution in [0.1, 0.15) is 62.2 Å². The second kappa shape index (κ2) is 10.6. The van der Waals surface area contributed by atoms with E-state index in [-0.39, 0.29) is 5.56 Å². The molecule has 4 nitrogen and oxygen atoms in total. The number of fused-ring (bicyclic) bond motifs is 1. The van der Waals surface area contributed by atoms with Gasteiger partial charge in [-0.1, -0.05) is 54.6 Å². The molecule has 0 saturated carbocycles. The van der Waals surface area contributed by atoms with Crippen molar-refractivity contribution in [3.05, 3.63) is 95.0 Å². The SMILES string of the molecule is C=C(C)c1ccccc1C(NS(=O)C(C)(C)C)c1cc2cccc(-c3cc([C@](C)(O)C(F)(F)F)ccn3)c2s1. The van der Waals surface area contributed by atoms with Crippen LogP contribution in [-0.4, -0.2) is 25.2 Å². The Hall–Kier alpha value is -2.85. The Labute approximate surface area is 233 Å². The predicted molar refractivity (Wildman–Crippen MR) is 155 cm³/mol. The molecule has 4 aromatic rings. The lowest BCUT2D eigenvalue weighted by Crippen LogP contribution is -2.39. The molecular formula is C30H31F3N2O2S2. The third-order valence-corrected chi connectivity index (χ3v) is 9.32. The number of hydrogen-bond acceptors (Lipinski definition) is 4. The van der Waals surface area contributed by atoms with Gasteiger partial charge in [-0.15, -0.1) is 11.3 Å². The zero-order valence-electron chi connectivity index (χ0n) is 22.4. The second-order valence-electron chi connectivity index (χ2n) is 10.7. The molecule has 0 spiro atoms. The van der Waals surface area contributed by atoms with E-state index < -0.39 is 33.6 Å². The summed E-state index contributed by atoms with van der Waals surface area (Å²) in [6, 6.07) is 17.4. The van der Waals surface area contributed by atoms with Crippen LogP contribution in [0.4, 0.5) is 13.2 Å². The van der Waals surface area contributed by atoms with Crippen molar-refractivity contribution in [3.63, 3.8) is 0 Å². The molecule has 2 unspecified atom stereocenters. The van der Waals surface area contributed by atoms with Gasteiger partial charge in [0.2, 0.25) is 0 Å². The lowest BCUT2D eigenvalue weighted by Gasteiger charge is -2.26. The number of hydrogen-bond donors (Lipinski definition) is 2. The third kappa shape index (κ3) is 5.87. The molecule has 0 amide bonds. The van der Waals surface area contributed by atoms with E-state index in [9.17, 15) is 22.5 Å². The van der Waals surface area contributed by atoms with Crippen molar-refractivity contribution in [2.24, 2.45) is 0 Å². The number of nitrogens with zero attached hydrogens (tertiary/aromatic N) is 1. The Balaban J connectivity index is 1.88.